The second kappa shape index (κ2) is 9.61. The maximum atomic E-state index is 15.2. The van der Waals surface area contributed by atoms with E-state index in [9.17, 15) is 18.8 Å². The molecule has 37 heavy (non-hydrogen) atoms. The molecule has 11 heteroatoms. The molecule has 1 aliphatic heterocycles. The van der Waals surface area contributed by atoms with Crippen molar-refractivity contribution in [2.75, 3.05) is 5.32 Å². The molecule has 1 aromatic heterocycles. The summed E-state index contributed by atoms with van der Waals surface area (Å²) in [6, 6.07) is 12.0. The van der Waals surface area contributed by atoms with Crippen LogP contribution < -0.4 is 16.0 Å². The summed E-state index contributed by atoms with van der Waals surface area (Å²) >= 11 is 0. The Bertz CT molecular complexity index is 1550. The zero-order valence-corrected chi connectivity index (χ0v) is 19.5. The minimum Gasteiger partial charge on any atom is -0.348 e. The lowest BCUT2D eigenvalue weighted by Gasteiger charge is -2.13. The number of carbonyl (C=O) groups excluding carboxylic acids is 3. The van der Waals surface area contributed by atoms with Crippen molar-refractivity contribution in [1.82, 2.24) is 25.8 Å². The first kappa shape index (κ1) is 23.8. The zero-order valence-electron chi connectivity index (χ0n) is 19.5. The van der Waals surface area contributed by atoms with Gasteiger partial charge in [0.15, 0.2) is 5.82 Å². The topological polar surface area (TPSA) is 129 Å². The molecule has 0 atom stereocenters. The van der Waals surface area contributed by atoms with E-state index < -0.39 is 23.6 Å². The van der Waals surface area contributed by atoms with Crippen molar-refractivity contribution in [2.45, 2.75) is 19.9 Å². The third-order valence-corrected chi connectivity index (χ3v) is 5.87. The van der Waals surface area contributed by atoms with Crippen LogP contribution >= 0.6 is 0 Å². The number of fused-ring (bicyclic) bond motifs is 1. The highest BCUT2D eigenvalue weighted by Gasteiger charge is 2.28. The second-order valence-electron chi connectivity index (χ2n) is 8.46. The molecule has 0 aliphatic carbocycles. The summed E-state index contributed by atoms with van der Waals surface area (Å²) in [7, 11) is 0. The van der Waals surface area contributed by atoms with Gasteiger partial charge in [-0.25, -0.2) is 13.6 Å². The van der Waals surface area contributed by atoms with Gasteiger partial charge < -0.3 is 15.6 Å². The van der Waals surface area contributed by atoms with Gasteiger partial charge in [0, 0.05) is 23.4 Å². The fraction of sp³-hybridized carbons (Fsp3) is 0.115. The molecule has 4 N–H and O–H groups in total. The number of nitrogens with zero attached hydrogens (tertiary/aromatic N) is 2. The van der Waals surface area contributed by atoms with Crippen LogP contribution in [0.5, 0.6) is 0 Å². The molecule has 0 spiro atoms. The van der Waals surface area contributed by atoms with Crippen LogP contribution in [0.2, 0.25) is 0 Å². The minimum atomic E-state index is -0.832. The third kappa shape index (κ3) is 4.92. The van der Waals surface area contributed by atoms with Gasteiger partial charge in [0.2, 0.25) is 5.91 Å². The van der Waals surface area contributed by atoms with Gasteiger partial charge in [-0.05, 0) is 60.0 Å². The maximum Gasteiger partial charge on any atom is 0.325 e. The van der Waals surface area contributed by atoms with Crippen LogP contribution in [0.1, 0.15) is 27.3 Å². The van der Waals surface area contributed by atoms with Crippen LogP contribution in [0.4, 0.5) is 19.3 Å². The Kier molecular flexibility index (Phi) is 6.18. The fourth-order valence-electron chi connectivity index (χ4n) is 4.20. The molecule has 0 saturated carbocycles. The average molecular weight is 502 g/mol. The van der Waals surface area contributed by atoms with E-state index in [-0.39, 0.29) is 30.1 Å². The van der Waals surface area contributed by atoms with Crippen LogP contribution in [-0.4, -0.2) is 33.0 Å². The summed E-state index contributed by atoms with van der Waals surface area (Å²) in [5.74, 6) is -0.905. The van der Waals surface area contributed by atoms with E-state index in [2.05, 4.69) is 31.1 Å². The highest BCUT2D eigenvalue weighted by Crippen LogP contribution is 2.36. The Morgan fingerprint density at radius 1 is 0.973 bits per heavy atom. The van der Waals surface area contributed by atoms with Gasteiger partial charge in [-0.15, -0.1) is 10.2 Å². The van der Waals surface area contributed by atoms with Gasteiger partial charge in [-0.3, -0.25) is 14.9 Å². The summed E-state index contributed by atoms with van der Waals surface area (Å²) in [5.41, 5.74) is 3.02. The lowest BCUT2D eigenvalue weighted by molar-refractivity contribution is -0.119. The molecule has 4 amide bonds. The molecule has 5 rings (SSSR count). The standard InChI is InChI=1S/C26H20F2N6O3/c1-13-30-24(34-33-13)19-9-8-17(20-12-29-25(36)23(19)20)18-7-6-16(11-21(18)28)31-26(37)32-22(35)10-14-2-4-15(27)5-3-14/h2-9,11H,10,12H2,1H3,(H,29,36)(H,30,33,34)(H2,31,32,35,37). The molecule has 3 aromatic carbocycles. The number of rotatable bonds is 5. The number of hydrogen-bond acceptors (Lipinski definition) is 5. The molecule has 0 bridgehead atoms. The van der Waals surface area contributed by atoms with Crippen LogP contribution in [0.25, 0.3) is 22.5 Å². The fourth-order valence-corrected chi connectivity index (χ4v) is 4.20. The largest absolute Gasteiger partial charge is 0.348 e. The highest BCUT2D eigenvalue weighted by molar-refractivity contribution is 6.06. The monoisotopic (exact) mass is 502 g/mol. The zero-order chi connectivity index (χ0) is 26.1. The molecule has 9 nitrogen and oxygen atoms in total. The number of aromatic amines is 1. The summed E-state index contributed by atoms with van der Waals surface area (Å²) in [6.07, 6.45) is -0.123. The van der Waals surface area contributed by atoms with Gasteiger partial charge in [0.25, 0.3) is 5.91 Å². The van der Waals surface area contributed by atoms with E-state index in [1.807, 2.05) is 0 Å². The number of imide groups is 1. The molecular weight excluding hydrogens is 482 g/mol. The van der Waals surface area contributed by atoms with Crippen molar-refractivity contribution in [1.29, 1.82) is 0 Å². The van der Waals surface area contributed by atoms with Gasteiger partial charge in [0.05, 0.1) is 12.0 Å². The lowest BCUT2D eigenvalue weighted by Crippen LogP contribution is -2.35. The Balaban J connectivity index is 1.33. The Morgan fingerprint density at radius 2 is 1.70 bits per heavy atom. The van der Waals surface area contributed by atoms with Crippen molar-refractivity contribution in [2.24, 2.45) is 0 Å². The second-order valence-corrected chi connectivity index (χ2v) is 8.46. The number of hydrogen-bond donors (Lipinski definition) is 4. The lowest BCUT2D eigenvalue weighted by atomic mass is 9.92. The van der Waals surface area contributed by atoms with Gasteiger partial charge in [-0.1, -0.05) is 18.2 Å². The van der Waals surface area contributed by atoms with Crippen LogP contribution in [-0.2, 0) is 17.8 Å². The van der Waals surface area contributed by atoms with Gasteiger partial charge >= 0.3 is 6.03 Å². The third-order valence-electron chi connectivity index (χ3n) is 5.87. The molecule has 186 valence electrons. The number of carbonyl (C=O) groups is 3. The van der Waals surface area contributed by atoms with Crippen molar-refractivity contribution in [3.63, 3.8) is 0 Å². The number of nitrogens with one attached hydrogen (secondary N) is 4. The SMILES string of the molecule is Cc1nnc(-c2ccc(-c3ccc(NC(=O)NC(=O)Cc4ccc(F)cc4)cc3F)c3c2C(=O)NC3)[nH]1. The van der Waals surface area contributed by atoms with Gasteiger partial charge in [0.1, 0.15) is 17.5 Å². The number of halogens is 2. The van der Waals surface area contributed by atoms with E-state index in [1.165, 1.54) is 36.4 Å². The normalized spacial score (nSPS) is 12.1. The number of aromatic nitrogens is 3. The predicted octanol–water partition coefficient (Wildman–Crippen LogP) is 3.86. The molecular formula is C26H20F2N6O3. The van der Waals surface area contributed by atoms with Crippen LogP contribution in [0, 0.1) is 18.6 Å². The van der Waals surface area contributed by atoms with E-state index >= 15 is 4.39 Å². The summed E-state index contributed by atoms with van der Waals surface area (Å²) in [6.45, 7) is 1.97. The Labute approximate surface area is 209 Å². The van der Waals surface area contributed by atoms with Crippen molar-refractivity contribution in [3.05, 3.63) is 88.7 Å². The van der Waals surface area contributed by atoms with Crippen molar-refractivity contribution < 1.29 is 23.2 Å². The first-order valence-corrected chi connectivity index (χ1v) is 11.3. The number of urea groups is 1. The molecule has 4 aromatic rings. The van der Waals surface area contributed by atoms with Gasteiger partial charge in [-0.2, -0.15) is 0 Å². The molecule has 1 aliphatic rings. The first-order chi connectivity index (χ1) is 17.8. The van der Waals surface area contributed by atoms with E-state index in [0.29, 0.717) is 39.5 Å². The quantitative estimate of drug-likeness (QED) is 0.329. The number of benzene rings is 3. The predicted molar refractivity (Wildman–Crippen MR) is 130 cm³/mol. The summed E-state index contributed by atoms with van der Waals surface area (Å²) in [4.78, 5) is 39.9. The Hall–Kier alpha value is -4.93. The molecule has 2 heterocycles. The number of anilines is 1. The smallest absolute Gasteiger partial charge is 0.325 e. The van der Waals surface area contributed by atoms with Crippen LogP contribution in [0.3, 0.4) is 0 Å². The number of H-pyrrole nitrogens is 1. The van der Waals surface area contributed by atoms with E-state index in [4.69, 9.17) is 0 Å². The minimum absolute atomic E-state index is 0.123. The van der Waals surface area contributed by atoms with Crippen molar-refractivity contribution >= 4 is 23.5 Å². The first-order valence-electron chi connectivity index (χ1n) is 11.3. The maximum absolute atomic E-state index is 15.2. The highest BCUT2D eigenvalue weighted by atomic mass is 19.1. The average Bonchev–Trinajstić information content (AvgIpc) is 3.46. The number of aryl methyl sites for hydroxylation is 1. The summed E-state index contributed by atoms with van der Waals surface area (Å²) in [5, 5.41) is 15.3. The molecule has 0 unspecified atom stereocenters. The van der Waals surface area contributed by atoms with Crippen molar-refractivity contribution in [3.8, 4) is 22.5 Å². The Morgan fingerprint density at radius 3 is 2.41 bits per heavy atom. The molecule has 0 fully saturated rings. The number of amides is 4. The summed E-state index contributed by atoms with van der Waals surface area (Å²) < 4.78 is 28.2. The van der Waals surface area contributed by atoms with Crippen LogP contribution in [0.15, 0.2) is 54.6 Å². The molecule has 0 saturated heterocycles. The van der Waals surface area contributed by atoms with E-state index in [1.54, 1.807) is 19.1 Å². The van der Waals surface area contributed by atoms with E-state index in [0.717, 1.165) is 6.07 Å². The molecule has 0 radical (unpaired) electrons.